The molecule has 1 aromatic heterocycles. The molecule has 0 aliphatic carbocycles. The minimum Gasteiger partial charge on any atom is -0.380 e. The molecule has 0 spiro atoms. The fourth-order valence-electron chi connectivity index (χ4n) is 1.46. The maximum Gasteiger partial charge on any atom is 0.128 e. The van der Waals surface area contributed by atoms with Gasteiger partial charge in [-0.2, -0.15) is 0 Å². The largest absolute Gasteiger partial charge is 0.380 e. The molecule has 0 radical (unpaired) electrons. The highest BCUT2D eigenvalue weighted by molar-refractivity contribution is 6.31. The van der Waals surface area contributed by atoms with E-state index in [1.165, 1.54) is 0 Å². The quantitative estimate of drug-likeness (QED) is 0.758. The highest BCUT2D eigenvalue weighted by atomic mass is 35.5. The smallest absolute Gasteiger partial charge is 0.128 e. The van der Waals surface area contributed by atoms with E-state index in [-0.39, 0.29) is 0 Å². The Morgan fingerprint density at radius 2 is 2.29 bits per heavy atom. The fraction of sp³-hybridized carbons (Fsp3) is 0.583. The minimum atomic E-state index is 0.696. The zero-order valence-electron chi connectivity index (χ0n) is 10.7. The Hall–Kier alpha value is -0.840. The maximum atomic E-state index is 6.06. The van der Waals surface area contributed by atoms with Crippen molar-refractivity contribution in [1.29, 1.82) is 0 Å². The van der Waals surface area contributed by atoms with E-state index in [9.17, 15) is 0 Å². The molecule has 1 aromatic rings. The number of rotatable bonds is 7. The van der Waals surface area contributed by atoms with Crippen molar-refractivity contribution in [1.82, 2.24) is 10.3 Å². The molecular weight excluding hydrogens is 238 g/mol. The number of likely N-dealkylation sites (N-methyl/N-ethyl adjacent to an activating group) is 1. The summed E-state index contributed by atoms with van der Waals surface area (Å²) in [6, 6.07) is 2.00. The van der Waals surface area contributed by atoms with E-state index in [0.29, 0.717) is 11.6 Å². The molecular formula is C12H20ClN3O. The number of anilines is 1. The van der Waals surface area contributed by atoms with E-state index in [1.54, 1.807) is 6.20 Å². The van der Waals surface area contributed by atoms with Gasteiger partial charge in [0, 0.05) is 32.9 Å². The summed E-state index contributed by atoms with van der Waals surface area (Å²) < 4.78 is 5.32. The van der Waals surface area contributed by atoms with E-state index >= 15 is 0 Å². The first kappa shape index (κ1) is 14.2. The average Bonchev–Trinajstić information content (AvgIpc) is 2.32. The zero-order valence-corrected chi connectivity index (χ0v) is 11.4. The van der Waals surface area contributed by atoms with Gasteiger partial charge in [0.05, 0.1) is 11.6 Å². The molecule has 0 atom stereocenters. The molecule has 1 N–H and O–H groups in total. The van der Waals surface area contributed by atoms with Crippen LogP contribution < -0.4 is 10.2 Å². The van der Waals surface area contributed by atoms with E-state index in [1.807, 2.05) is 27.1 Å². The van der Waals surface area contributed by atoms with Crippen LogP contribution in [0.25, 0.3) is 0 Å². The molecule has 0 aliphatic heterocycles. The predicted octanol–water partition coefficient (Wildman–Crippen LogP) is 1.93. The third kappa shape index (κ3) is 4.50. The van der Waals surface area contributed by atoms with Crippen molar-refractivity contribution in [2.45, 2.75) is 13.5 Å². The lowest BCUT2D eigenvalue weighted by atomic mass is 10.2. The van der Waals surface area contributed by atoms with Crippen molar-refractivity contribution in [3.8, 4) is 0 Å². The molecule has 0 aromatic carbocycles. The van der Waals surface area contributed by atoms with Crippen molar-refractivity contribution in [3.63, 3.8) is 0 Å². The van der Waals surface area contributed by atoms with Crippen LogP contribution in [0.4, 0.5) is 5.82 Å². The molecule has 17 heavy (non-hydrogen) atoms. The van der Waals surface area contributed by atoms with Gasteiger partial charge in [0.1, 0.15) is 5.82 Å². The Bertz CT molecular complexity index is 347. The molecule has 0 saturated heterocycles. The number of aromatic nitrogens is 1. The van der Waals surface area contributed by atoms with Crippen molar-refractivity contribution in [2.24, 2.45) is 0 Å². The normalized spacial score (nSPS) is 10.6. The number of hydrogen-bond donors (Lipinski definition) is 1. The van der Waals surface area contributed by atoms with Gasteiger partial charge in [-0.3, -0.25) is 0 Å². The van der Waals surface area contributed by atoms with Gasteiger partial charge in [-0.15, -0.1) is 0 Å². The number of halogens is 1. The summed E-state index contributed by atoms with van der Waals surface area (Å²) >= 11 is 6.06. The van der Waals surface area contributed by atoms with Crippen LogP contribution in [0.5, 0.6) is 0 Å². The second kappa shape index (κ2) is 7.48. The van der Waals surface area contributed by atoms with Gasteiger partial charge in [-0.1, -0.05) is 11.6 Å². The summed E-state index contributed by atoms with van der Waals surface area (Å²) in [6.07, 6.45) is 1.70. The van der Waals surface area contributed by atoms with Crippen LogP contribution in [0.3, 0.4) is 0 Å². The van der Waals surface area contributed by atoms with Gasteiger partial charge in [-0.05, 0) is 25.6 Å². The molecule has 0 unspecified atom stereocenters. The van der Waals surface area contributed by atoms with Crippen LogP contribution >= 0.6 is 11.6 Å². The monoisotopic (exact) mass is 257 g/mol. The highest BCUT2D eigenvalue weighted by Crippen LogP contribution is 2.19. The molecule has 1 rings (SSSR count). The Balaban J connectivity index is 2.66. The number of nitrogens with zero attached hydrogens (tertiary/aromatic N) is 2. The summed E-state index contributed by atoms with van der Waals surface area (Å²) in [5.41, 5.74) is 1.06. The van der Waals surface area contributed by atoms with Crippen LogP contribution in [0.15, 0.2) is 12.3 Å². The van der Waals surface area contributed by atoms with Crippen molar-refractivity contribution in [3.05, 3.63) is 22.8 Å². The van der Waals surface area contributed by atoms with Gasteiger partial charge in [0.15, 0.2) is 0 Å². The molecule has 4 nitrogen and oxygen atoms in total. The third-order valence-corrected chi connectivity index (χ3v) is 2.79. The van der Waals surface area contributed by atoms with Crippen LogP contribution in [0.1, 0.15) is 12.5 Å². The topological polar surface area (TPSA) is 37.4 Å². The predicted molar refractivity (Wildman–Crippen MR) is 71.8 cm³/mol. The number of nitrogens with one attached hydrogen (secondary N) is 1. The Morgan fingerprint density at radius 1 is 1.53 bits per heavy atom. The van der Waals surface area contributed by atoms with Gasteiger partial charge >= 0.3 is 0 Å². The molecule has 96 valence electrons. The minimum absolute atomic E-state index is 0.696. The number of hydrogen-bond acceptors (Lipinski definition) is 4. The Labute approximate surface area is 108 Å². The maximum absolute atomic E-state index is 6.06. The lowest BCUT2D eigenvalue weighted by Crippen LogP contribution is -2.23. The van der Waals surface area contributed by atoms with Gasteiger partial charge < -0.3 is 15.0 Å². The van der Waals surface area contributed by atoms with Crippen LogP contribution in [0.2, 0.25) is 5.02 Å². The lowest BCUT2D eigenvalue weighted by molar-refractivity contribution is 0.154. The van der Waals surface area contributed by atoms with Crippen molar-refractivity contribution in [2.75, 3.05) is 38.8 Å². The standard InChI is InChI=1S/C12H20ClN3O/c1-4-17-6-5-16(3)12-7-10(8-14-2)11(13)9-15-12/h7,9,14H,4-6,8H2,1-3H3. The average molecular weight is 258 g/mol. The first-order valence-corrected chi connectivity index (χ1v) is 6.14. The van der Waals surface area contributed by atoms with Gasteiger partial charge in [0.2, 0.25) is 0 Å². The molecule has 0 bridgehead atoms. The van der Waals surface area contributed by atoms with E-state index in [2.05, 4.69) is 15.2 Å². The fourth-order valence-corrected chi connectivity index (χ4v) is 1.63. The second-order valence-corrected chi connectivity index (χ2v) is 4.19. The zero-order chi connectivity index (χ0) is 12.7. The molecule has 0 aliphatic rings. The lowest BCUT2D eigenvalue weighted by Gasteiger charge is -2.19. The summed E-state index contributed by atoms with van der Waals surface area (Å²) in [6.45, 7) is 5.01. The Kier molecular flexibility index (Phi) is 6.26. The first-order chi connectivity index (χ1) is 8.19. The van der Waals surface area contributed by atoms with Gasteiger partial charge in [0.25, 0.3) is 0 Å². The van der Waals surface area contributed by atoms with Crippen molar-refractivity contribution >= 4 is 17.4 Å². The molecule has 0 amide bonds. The van der Waals surface area contributed by atoms with E-state index in [0.717, 1.165) is 31.1 Å². The Morgan fingerprint density at radius 3 is 2.94 bits per heavy atom. The third-order valence-electron chi connectivity index (χ3n) is 2.45. The molecule has 0 saturated carbocycles. The summed E-state index contributed by atoms with van der Waals surface area (Å²) in [4.78, 5) is 6.37. The number of ether oxygens (including phenoxy) is 1. The molecule has 1 heterocycles. The summed E-state index contributed by atoms with van der Waals surface area (Å²) in [5, 5.41) is 3.78. The van der Waals surface area contributed by atoms with Crippen LogP contribution in [-0.4, -0.2) is 38.8 Å². The van der Waals surface area contributed by atoms with Crippen LogP contribution in [0, 0.1) is 0 Å². The van der Waals surface area contributed by atoms with E-state index < -0.39 is 0 Å². The van der Waals surface area contributed by atoms with Gasteiger partial charge in [-0.25, -0.2) is 4.98 Å². The highest BCUT2D eigenvalue weighted by Gasteiger charge is 2.06. The summed E-state index contributed by atoms with van der Waals surface area (Å²) in [7, 11) is 3.90. The molecule has 5 heteroatoms. The number of pyridine rings is 1. The second-order valence-electron chi connectivity index (χ2n) is 3.78. The molecule has 0 fully saturated rings. The first-order valence-electron chi connectivity index (χ1n) is 5.77. The van der Waals surface area contributed by atoms with Crippen LogP contribution in [-0.2, 0) is 11.3 Å². The summed E-state index contributed by atoms with van der Waals surface area (Å²) in [5.74, 6) is 0.916. The van der Waals surface area contributed by atoms with E-state index in [4.69, 9.17) is 16.3 Å². The van der Waals surface area contributed by atoms with Crippen molar-refractivity contribution < 1.29 is 4.74 Å². The SMILES string of the molecule is CCOCCN(C)c1cc(CNC)c(Cl)cn1.